The quantitative estimate of drug-likeness (QED) is 0.202. The van der Waals surface area contributed by atoms with Crippen molar-refractivity contribution in [3.63, 3.8) is 0 Å². The fourth-order valence-electron chi connectivity index (χ4n) is 2.57. The normalized spacial score (nSPS) is 12.6. The Bertz CT molecular complexity index is 957. The van der Waals surface area contributed by atoms with E-state index in [1.54, 1.807) is 30.3 Å². The van der Waals surface area contributed by atoms with E-state index in [2.05, 4.69) is 0 Å². The van der Waals surface area contributed by atoms with E-state index in [9.17, 15) is 22.4 Å². The number of ether oxygens (including phenoxy) is 2. The Balaban J connectivity index is 2.33. The minimum absolute atomic E-state index is 0.161. The van der Waals surface area contributed by atoms with Crippen LogP contribution in [0.4, 0.5) is 17.6 Å². The summed E-state index contributed by atoms with van der Waals surface area (Å²) in [5.41, 5.74) is 0.131. The van der Waals surface area contributed by atoms with Crippen LogP contribution >= 0.6 is 0 Å². The topological polar surface area (TPSA) is 35.5 Å². The number of hydrogen-bond donors (Lipinski definition) is 0. The van der Waals surface area contributed by atoms with Crippen LogP contribution in [0.3, 0.4) is 0 Å². The summed E-state index contributed by atoms with van der Waals surface area (Å²) < 4.78 is 62.0. The van der Waals surface area contributed by atoms with Gasteiger partial charge in [0.05, 0.1) is 26.0 Å². The number of alkyl halides is 3. The van der Waals surface area contributed by atoms with E-state index in [1.807, 2.05) is 0 Å². The van der Waals surface area contributed by atoms with Crippen molar-refractivity contribution in [1.82, 2.24) is 0 Å². The van der Waals surface area contributed by atoms with Gasteiger partial charge in [-0.1, -0.05) is 54.6 Å². The molecule has 0 aliphatic heterocycles. The first-order valence-electron chi connectivity index (χ1n) is 8.40. The molecule has 0 N–H and O–H groups in total. The van der Waals surface area contributed by atoms with Gasteiger partial charge in [-0.3, -0.25) is 0 Å². The van der Waals surface area contributed by atoms with Crippen LogP contribution in [0, 0.1) is 5.82 Å². The zero-order valence-corrected chi connectivity index (χ0v) is 15.7. The van der Waals surface area contributed by atoms with Gasteiger partial charge in [0.25, 0.3) is 0 Å². The van der Waals surface area contributed by atoms with Crippen molar-refractivity contribution in [3.8, 4) is 0 Å². The Hall–Kier alpha value is -3.35. The maximum absolute atomic E-state index is 13.2. The van der Waals surface area contributed by atoms with Gasteiger partial charge in [-0.25, -0.2) is 9.18 Å². The summed E-state index contributed by atoms with van der Waals surface area (Å²) in [6.07, 6.45) is 2.35. The van der Waals surface area contributed by atoms with Gasteiger partial charge < -0.3 is 9.47 Å². The molecule has 0 fully saturated rings. The minimum Gasteiger partial charge on any atom is -0.503 e. The Morgan fingerprint density at radius 3 is 2.24 bits per heavy atom. The number of carbonyl (C=O) groups excluding carboxylic acids is 1. The Morgan fingerprint density at radius 1 is 0.966 bits per heavy atom. The smallest absolute Gasteiger partial charge is 0.417 e. The highest BCUT2D eigenvalue weighted by molar-refractivity contribution is 6.17. The third kappa shape index (κ3) is 5.81. The number of rotatable bonds is 6. The average Bonchev–Trinajstić information content (AvgIpc) is 2.69. The molecular weight excluding hydrogens is 388 g/mol. The first-order chi connectivity index (χ1) is 13.8. The second kappa shape index (κ2) is 9.73. The first-order valence-corrected chi connectivity index (χ1v) is 8.40. The molecule has 0 saturated carbocycles. The standard InChI is InChI=1S/C22H18F4O3/c1-28-14-19(21(27)29-2)18-10-6-5-8-15(18)7-3-4-9-16-11-12-17(23)13-20(16)22(24,25)26/h3-14H,1-2H3/b7-3+,9-4+,19-14+. The summed E-state index contributed by atoms with van der Waals surface area (Å²) in [5, 5.41) is 0. The molecule has 0 aromatic heterocycles. The van der Waals surface area contributed by atoms with Crippen molar-refractivity contribution in [1.29, 1.82) is 0 Å². The molecule has 2 aromatic carbocycles. The molecular formula is C22H18F4O3. The van der Waals surface area contributed by atoms with Gasteiger partial charge in [-0.2, -0.15) is 13.2 Å². The van der Waals surface area contributed by atoms with E-state index in [4.69, 9.17) is 9.47 Å². The molecule has 0 bridgehead atoms. The third-order valence-corrected chi connectivity index (χ3v) is 3.88. The molecule has 0 spiro atoms. The number of methoxy groups -OCH3 is 2. The summed E-state index contributed by atoms with van der Waals surface area (Å²) >= 11 is 0. The largest absolute Gasteiger partial charge is 0.503 e. The lowest BCUT2D eigenvalue weighted by molar-refractivity contribution is -0.138. The molecule has 0 atom stereocenters. The fraction of sp³-hybridized carbons (Fsp3) is 0.136. The van der Waals surface area contributed by atoms with E-state index in [-0.39, 0.29) is 11.1 Å². The van der Waals surface area contributed by atoms with Gasteiger partial charge in [0.1, 0.15) is 11.4 Å². The van der Waals surface area contributed by atoms with Gasteiger partial charge in [0.2, 0.25) is 0 Å². The Morgan fingerprint density at radius 2 is 1.62 bits per heavy atom. The van der Waals surface area contributed by atoms with Gasteiger partial charge in [0.15, 0.2) is 0 Å². The predicted octanol–water partition coefficient (Wildman–Crippen LogP) is 5.73. The highest BCUT2D eigenvalue weighted by Gasteiger charge is 2.33. The maximum Gasteiger partial charge on any atom is 0.417 e. The monoisotopic (exact) mass is 406 g/mol. The first kappa shape index (κ1) is 21.9. The van der Waals surface area contributed by atoms with Crippen molar-refractivity contribution in [2.24, 2.45) is 0 Å². The van der Waals surface area contributed by atoms with Gasteiger partial charge in [-0.15, -0.1) is 0 Å². The molecule has 0 saturated heterocycles. The zero-order valence-electron chi connectivity index (χ0n) is 15.7. The summed E-state index contributed by atoms with van der Waals surface area (Å²) in [7, 11) is 2.64. The van der Waals surface area contributed by atoms with Crippen LogP contribution in [0.15, 0.2) is 60.9 Å². The van der Waals surface area contributed by atoms with Gasteiger partial charge >= 0.3 is 12.1 Å². The van der Waals surface area contributed by atoms with Gasteiger partial charge in [-0.05, 0) is 28.8 Å². The second-order valence-corrected chi connectivity index (χ2v) is 5.79. The lowest BCUT2D eigenvalue weighted by atomic mass is 10.00. The molecule has 3 nitrogen and oxygen atoms in total. The average molecular weight is 406 g/mol. The van der Waals surface area contributed by atoms with Crippen LogP contribution in [-0.4, -0.2) is 20.2 Å². The molecule has 0 heterocycles. The molecule has 152 valence electrons. The fourth-order valence-corrected chi connectivity index (χ4v) is 2.57. The molecule has 0 aliphatic carbocycles. The third-order valence-electron chi connectivity index (χ3n) is 3.88. The summed E-state index contributed by atoms with van der Waals surface area (Å²) in [4.78, 5) is 12.0. The van der Waals surface area contributed by atoms with Crippen LogP contribution < -0.4 is 0 Å². The van der Waals surface area contributed by atoms with E-state index < -0.39 is 23.5 Å². The van der Waals surface area contributed by atoms with E-state index in [0.717, 1.165) is 12.1 Å². The number of carbonyl (C=O) groups is 1. The number of hydrogen-bond acceptors (Lipinski definition) is 3. The number of benzene rings is 2. The summed E-state index contributed by atoms with van der Waals surface area (Å²) in [5.74, 6) is -1.55. The lowest BCUT2D eigenvalue weighted by Crippen LogP contribution is -2.07. The van der Waals surface area contributed by atoms with E-state index in [0.29, 0.717) is 17.2 Å². The number of esters is 1. The van der Waals surface area contributed by atoms with Crippen LogP contribution in [-0.2, 0) is 20.4 Å². The lowest BCUT2D eigenvalue weighted by Gasteiger charge is -2.10. The van der Waals surface area contributed by atoms with Crippen LogP contribution in [0.1, 0.15) is 22.3 Å². The summed E-state index contributed by atoms with van der Waals surface area (Å²) in [6.45, 7) is 0. The molecule has 2 aromatic rings. The highest BCUT2D eigenvalue weighted by atomic mass is 19.4. The van der Waals surface area contributed by atoms with Crippen LogP contribution in [0.2, 0.25) is 0 Å². The SMILES string of the molecule is CO/C=C(/C(=O)OC)c1ccccc1/C=C/C=C/c1ccc(F)cc1C(F)(F)F. The highest BCUT2D eigenvalue weighted by Crippen LogP contribution is 2.33. The molecule has 0 unspecified atom stereocenters. The zero-order chi connectivity index (χ0) is 21.4. The second-order valence-electron chi connectivity index (χ2n) is 5.79. The minimum atomic E-state index is -4.67. The molecule has 0 radical (unpaired) electrons. The Labute approximate surface area is 165 Å². The van der Waals surface area contributed by atoms with E-state index in [1.165, 1.54) is 38.7 Å². The van der Waals surface area contributed by atoms with Crippen LogP contribution in [0.5, 0.6) is 0 Å². The Kier molecular flexibility index (Phi) is 7.36. The van der Waals surface area contributed by atoms with Crippen molar-refractivity contribution in [3.05, 3.63) is 88.9 Å². The molecule has 0 amide bonds. The summed E-state index contributed by atoms with van der Waals surface area (Å²) in [6, 6.07) is 9.37. The molecule has 7 heteroatoms. The number of allylic oxidation sites excluding steroid dienone is 2. The van der Waals surface area contributed by atoms with Crippen molar-refractivity contribution in [2.45, 2.75) is 6.18 Å². The molecule has 2 rings (SSSR count). The molecule has 0 aliphatic rings. The number of halogens is 4. The molecule has 29 heavy (non-hydrogen) atoms. The van der Waals surface area contributed by atoms with Crippen molar-refractivity contribution < 1.29 is 31.8 Å². The van der Waals surface area contributed by atoms with Gasteiger partial charge in [0, 0.05) is 0 Å². The maximum atomic E-state index is 13.2. The van der Waals surface area contributed by atoms with Crippen molar-refractivity contribution in [2.75, 3.05) is 14.2 Å². The predicted molar refractivity (Wildman–Crippen MR) is 103 cm³/mol. The van der Waals surface area contributed by atoms with Crippen LogP contribution in [0.25, 0.3) is 17.7 Å². The van der Waals surface area contributed by atoms with E-state index >= 15 is 0 Å². The van der Waals surface area contributed by atoms with Crippen molar-refractivity contribution >= 4 is 23.7 Å².